The smallest absolute Gasteiger partial charge is 0.322 e. The van der Waals surface area contributed by atoms with Crippen LogP contribution in [-0.2, 0) is 4.79 Å². The first-order valence-electron chi connectivity index (χ1n) is 5.85. The number of hydrogen-bond acceptors (Lipinski definition) is 2. The van der Waals surface area contributed by atoms with Crippen molar-refractivity contribution in [3.05, 3.63) is 0 Å². The van der Waals surface area contributed by atoms with E-state index in [1.54, 1.807) is 0 Å². The van der Waals surface area contributed by atoms with Gasteiger partial charge in [-0.2, -0.15) is 0 Å². The van der Waals surface area contributed by atoms with E-state index < -0.39 is 0 Å². The van der Waals surface area contributed by atoms with E-state index in [9.17, 15) is 9.59 Å². The Hall–Kier alpha value is -1.06. The predicted octanol–water partition coefficient (Wildman–Crippen LogP) is 1.94. The monoisotopic (exact) mass is 212 g/mol. The van der Waals surface area contributed by atoms with Crippen molar-refractivity contribution in [2.24, 2.45) is 0 Å². The summed E-state index contributed by atoms with van der Waals surface area (Å²) in [5, 5.41) is 4.85. The van der Waals surface area contributed by atoms with Gasteiger partial charge in [0.2, 0.25) is 0 Å². The summed E-state index contributed by atoms with van der Waals surface area (Å²) in [4.78, 5) is 22.0. The molecule has 1 aliphatic rings. The van der Waals surface area contributed by atoms with Gasteiger partial charge in [-0.3, -0.25) is 10.1 Å². The van der Waals surface area contributed by atoms with Gasteiger partial charge in [0.15, 0.2) is 0 Å². The fourth-order valence-electron chi connectivity index (χ4n) is 1.79. The van der Waals surface area contributed by atoms with Gasteiger partial charge in [0.25, 0.3) is 5.91 Å². The third-order valence-corrected chi connectivity index (χ3v) is 2.70. The summed E-state index contributed by atoms with van der Waals surface area (Å²) < 4.78 is 0. The van der Waals surface area contributed by atoms with Crippen molar-refractivity contribution >= 4 is 11.9 Å². The summed E-state index contributed by atoms with van der Waals surface area (Å²) >= 11 is 0. The minimum atomic E-state index is -0.351. The third-order valence-electron chi connectivity index (χ3n) is 2.70. The number of unbranched alkanes of at least 4 members (excludes halogenated alkanes) is 5. The lowest BCUT2D eigenvalue weighted by Gasteiger charge is -2.06. The summed E-state index contributed by atoms with van der Waals surface area (Å²) in [6.45, 7) is 2.19. The Morgan fingerprint density at radius 3 is 2.33 bits per heavy atom. The van der Waals surface area contributed by atoms with Gasteiger partial charge < -0.3 is 5.32 Å². The molecular weight excluding hydrogens is 192 g/mol. The van der Waals surface area contributed by atoms with E-state index in [0.717, 1.165) is 19.3 Å². The number of nitrogens with one attached hydrogen (secondary N) is 2. The van der Waals surface area contributed by atoms with Crippen molar-refractivity contribution in [1.82, 2.24) is 10.6 Å². The molecule has 0 saturated carbocycles. The molecule has 86 valence electrons. The van der Waals surface area contributed by atoms with Crippen LogP contribution in [0.25, 0.3) is 0 Å². The maximum absolute atomic E-state index is 11.2. The Morgan fingerprint density at radius 1 is 1.07 bits per heavy atom. The molecule has 0 bridgehead atoms. The van der Waals surface area contributed by atoms with Crippen LogP contribution in [0.3, 0.4) is 0 Å². The van der Waals surface area contributed by atoms with Crippen molar-refractivity contribution in [3.63, 3.8) is 0 Å². The van der Waals surface area contributed by atoms with Crippen LogP contribution in [0.5, 0.6) is 0 Å². The first kappa shape index (κ1) is 12.0. The van der Waals surface area contributed by atoms with Crippen LogP contribution in [0.1, 0.15) is 51.9 Å². The topological polar surface area (TPSA) is 58.2 Å². The summed E-state index contributed by atoms with van der Waals surface area (Å²) in [5.41, 5.74) is 0. The van der Waals surface area contributed by atoms with Crippen LogP contribution >= 0.6 is 0 Å². The molecule has 3 amide bonds. The van der Waals surface area contributed by atoms with Crippen LogP contribution < -0.4 is 10.6 Å². The lowest BCUT2D eigenvalue weighted by molar-refractivity contribution is -0.120. The van der Waals surface area contributed by atoms with Crippen molar-refractivity contribution in [1.29, 1.82) is 0 Å². The quantitative estimate of drug-likeness (QED) is 0.500. The Balaban J connectivity index is 2.00. The van der Waals surface area contributed by atoms with Crippen LogP contribution in [0.2, 0.25) is 0 Å². The van der Waals surface area contributed by atoms with E-state index in [2.05, 4.69) is 17.6 Å². The molecule has 0 aliphatic carbocycles. The molecule has 0 aromatic rings. The molecule has 1 aliphatic heterocycles. The average Bonchev–Trinajstić information content (AvgIpc) is 2.51. The van der Waals surface area contributed by atoms with E-state index >= 15 is 0 Å². The first-order valence-corrected chi connectivity index (χ1v) is 5.85. The zero-order valence-electron chi connectivity index (χ0n) is 9.34. The Bertz CT molecular complexity index is 229. The van der Waals surface area contributed by atoms with Gasteiger partial charge in [0.1, 0.15) is 6.04 Å². The summed E-state index contributed by atoms with van der Waals surface area (Å²) in [5.74, 6) is -0.173. The second-order valence-corrected chi connectivity index (χ2v) is 4.07. The number of imide groups is 1. The van der Waals surface area contributed by atoms with Gasteiger partial charge in [-0.25, -0.2) is 4.79 Å². The normalized spacial score (nSPS) is 20.2. The van der Waals surface area contributed by atoms with Gasteiger partial charge in [-0.1, -0.05) is 45.4 Å². The number of amides is 3. The zero-order chi connectivity index (χ0) is 11.1. The minimum absolute atomic E-state index is 0.173. The number of carbonyl (C=O) groups excluding carboxylic acids is 2. The Labute approximate surface area is 90.8 Å². The molecule has 1 fully saturated rings. The number of rotatable bonds is 7. The average molecular weight is 212 g/mol. The summed E-state index contributed by atoms with van der Waals surface area (Å²) in [7, 11) is 0. The molecule has 0 spiro atoms. The predicted molar refractivity (Wildman–Crippen MR) is 58.5 cm³/mol. The molecule has 0 aromatic carbocycles. The Morgan fingerprint density at radius 2 is 1.73 bits per heavy atom. The molecule has 1 rings (SSSR count). The fraction of sp³-hybridized carbons (Fsp3) is 0.818. The SMILES string of the molecule is CCCCCCCCC1NC(=O)NC1=O. The molecule has 1 unspecified atom stereocenters. The first-order chi connectivity index (χ1) is 7.24. The van der Waals surface area contributed by atoms with E-state index in [-0.39, 0.29) is 18.0 Å². The largest absolute Gasteiger partial charge is 0.326 e. The molecule has 2 N–H and O–H groups in total. The highest BCUT2D eigenvalue weighted by Crippen LogP contribution is 2.10. The van der Waals surface area contributed by atoms with E-state index in [0.29, 0.717) is 0 Å². The van der Waals surface area contributed by atoms with E-state index in [4.69, 9.17) is 0 Å². The summed E-state index contributed by atoms with van der Waals surface area (Å²) in [6.07, 6.45) is 7.99. The third kappa shape index (κ3) is 4.32. The molecule has 1 heterocycles. The van der Waals surface area contributed by atoms with Crippen LogP contribution in [0.15, 0.2) is 0 Å². The van der Waals surface area contributed by atoms with Crippen molar-refractivity contribution in [2.45, 2.75) is 57.9 Å². The lowest BCUT2D eigenvalue weighted by Crippen LogP contribution is -2.28. The Kier molecular flexibility index (Phi) is 5.15. The van der Waals surface area contributed by atoms with Crippen LogP contribution in [-0.4, -0.2) is 18.0 Å². The highest BCUT2D eigenvalue weighted by molar-refractivity contribution is 6.04. The van der Waals surface area contributed by atoms with Crippen molar-refractivity contribution in [2.75, 3.05) is 0 Å². The van der Waals surface area contributed by atoms with Crippen molar-refractivity contribution < 1.29 is 9.59 Å². The second-order valence-electron chi connectivity index (χ2n) is 4.07. The van der Waals surface area contributed by atoms with Gasteiger partial charge in [-0.15, -0.1) is 0 Å². The highest BCUT2D eigenvalue weighted by atomic mass is 16.2. The number of carbonyl (C=O) groups is 2. The maximum Gasteiger partial charge on any atom is 0.322 e. The number of urea groups is 1. The molecule has 0 aromatic heterocycles. The minimum Gasteiger partial charge on any atom is -0.326 e. The van der Waals surface area contributed by atoms with E-state index in [1.165, 1.54) is 25.7 Å². The molecule has 15 heavy (non-hydrogen) atoms. The molecule has 4 nitrogen and oxygen atoms in total. The molecular formula is C11H20N2O2. The molecule has 1 atom stereocenters. The van der Waals surface area contributed by atoms with Crippen LogP contribution in [0, 0.1) is 0 Å². The molecule has 1 saturated heterocycles. The van der Waals surface area contributed by atoms with Gasteiger partial charge in [-0.05, 0) is 6.42 Å². The number of hydrogen-bond donors (Lipinski definition) is 2. The fourth-order valence-corrected chi connectivity index (χ4v) is 1.79. The van der Waals surface area contributed by atoms with Crippen molar-refractivity contribution in [3.8, 4) is 0 Å². The van der Waals surface area contributed by atoms with Gasteiger partial charge >= 0.3 is 6.03 Å². The second kappa shape index (κ2) is 6.43. The zero-order valence-corrected chi connectivity index (χ0v) is 9.34. The highest BCUT2D eigenvalue weighted by Gasteiger charge is 2.28. The molecule has 4 heteroatoms. The molecule has 0 radical (unpaired) electrons. The van der Waals surface area contributed by atoms with Crippen LogP contribution in [0.4, 0.5) is 4.79 Å². The van der Waals surface area contributed by atoms with E-state index in [1.807, 2.05) is 0 Å². The van der Waals surface area contributed by atoms with Gasteiger partial charge in [0.05, 0.1) is 0 Å². The lowest BCUT2D eigenvalue weighted by atomic mass is 10.1. The van der Waals surface area contributed by atoms with Gasteiger partial charge in [0, 0.05) is 0 Å². The maximum atomic E-state index is 11.2. The standard InChI is InChI=1S/C11H20N2O2/c1-2-3-4-5-6-7-8-9-10(14)13-11(15)12-9/h9H,2-8H2,1H3,(H2,12,13,14,15). The summed E-state index contributed by atoms with van der Waals surface area (Å²) in [6, 6.07) is -0.639.